The average Bonchev–Trinajstić information content (AvgIpc) is 2.84. The summed E-state index contributed by atoms with van der Waals surface area (Å²) in [6, 6.07) is 12.0. The monoisotopic (exact) mass is 413 g/mol. The van der Waals surface area contributed by atoms with E-state index in [1.165, 1.54) is 0 Å². The number of benzene rings is 2. The Labute approximate surface area is 179 Å². The van der Waals surface area contributed by atoms with Gasteiger partial charge in [0.25, 0.3) is 0 Å². The van der Waals surface area contributed by atoms with Crippen LogP contribution in [0.15, 0.2) is 36.4 Å². The fourth-order valence-corrected chi connectivity index (χ4v) is 3.20. The Bertz CT molecular complexity index is 903. The molecule has 1 N–H and O–H groups in total. The van der Waals surface area contributed by atoms with Gasteiger partial charge in [0.05, 0.1) is 17.7 Å². The van der Waals surface area contributed by atoms with Crippen molar-refractivity contribution >= 4 is 29.4 Å². The minimum Gasteiger partial charge on any atom is -0.492 e. The highest BCUT2D eigenvalue weighted by Crippen LogP contribution is 2.37. The Kier molecular flexibility index (Phi) is 6.07. The van der Waals surface area contributed by atoms with Gasteiger partial charge in [0.15, 0.2) is 0 Å². The van der Waals surface area contributed by atoms with E-state index in [2.05, 4.69) is 11.4 Å². The second kappa shape index (κ2) is 8.12. The van der Waals surface area contributed by atoms with Crippen molar-refractivity contribution in [3.63, 3.8) is 0 Å². The van der Waals surface area contributed by atoms with E-state index in [0.29, 0.717) is 18.9 Å². The molecule has 0 bridgehead atoms. The Morgan fingerprint density at radius 1 is 1.07 bits per heavy atom. The van der Waals surface area contributed by atoms with Crippen LogP contribution < -0.4 is 15.5 Å². The third-order valence-electron chi connectivity index (χ3n) is 5.41. The lowest BCUT2D eigenvalue weighted by atomic mass is 9.76. The van der Waals surface area contributed by atoms with Crippen LogP contribution in [0.4, 0.5) is 4.79 Å². The van der Waals surface area contributed by atoms with Gasteiger partial charge in [-0.1, -0.05) is 24.3 Å². The molecular formula is C23H32BNO5. The van der Waals surface area contributed by atoms with E-state index in [1.54, 1.807) is 0 Å². The topological polar surface area (TPSA) is 66.0 Å². The van der Waals surface area contributed by atoms with Crippen LogP contribution in [-0.2, 0) is 14.0 Å². The third-order valence-corrected chi connectivity index (χ3v) is 5.41. The number of hydrogen-bond acceptors (Lipinski definition) is 5. The SMILES string of the molecule is CC(C)(C)OC(=O)NCCOc1cc(B2OC(C)(C)C(C)(C)O2)c2ccccc2c1. The molecule has 1 heterocycles. The number of alkyl carbamates (subject to hydrolysis) is 1. The minimum absolute atomic E-state index is 0.320. The summed E-state index contributed by atoms with van der Waals surface area (Å²) in [4.78, 5) is 11.8. The Morgan fingerprint density at radius 2 is 1.70 bits per heavy atom. The van der Waals surface area contributed by atoms with Crippen LogP contribution in [0.2, 0.25) is 0 Å². The van der Waals surface area contributed by atoms with Crippen LogP contribution in [0, 0.1) is 0 Å². The maximum Gasteiger partial charge on any atom is 0.495 e. The second-order valence-electron chi connectivity index (χ2n) is 9.60. The van der Waals surface area contributed by atoms with Gasteiger partial charge in [-0.15, -0.1) is 0 Å². The zero-order valence-electron chi connectivity index (χ0n) is 19.0. The van der Waals surface area contributed by atoms with Crippen molar-refractivity contribution in [1.29, 1.82) is 0 Å². The Morgan fingerprint density at radius 3 is 2.33 bits per heavy atom. The summed E-state index contributed by atoms with van der Waals surface area (Å²) in [6.45, 7) is 14.3. The van der Waals surface area contributed by atoms with E-state index in [9.17, 15) is 4.79 Å². The fraction of sp³-hybridized carbons (Fsp3) is 0.522. The van der Waals surface area contributed by atoms with E-state index in [0.717, 1.165) is 16.2 Å². The molecule has 1 saturated heterocycles. The summed E-state index contributed by atoms with van der Waals surface area (Å²) in [5.41, 5.74) is -0.442. The second-order valence-corrected chi connectivity index (χ2v) is 9.60. The molecule has 7 heteroatoms. The molecule has 30 heavy (non-hydrogen) atoms. The summed E-state index contributed by atoms with van der Waals surface area (Å²) in [7, 11) is -0.483. The first kappa shape index (κ1) is 22.4. The highest BCUT2D eigenvalue weighted by atomic mass is 16.7. The van der Waals surface area contributed by atoms with E-state index in [1.807, 2.05) is 78.8 Å². The summed E-state index contributed by atoms with van der Waals surface area (Å²) < 4.78 is 23.7. The molecule has 0 spiro atoms. The zero-order chi connectivity index (χ0) is 22.2. The van der Waals surface area contributed by atoms with Crippen molar-refractivity contribution < 1.29 is 23.6 Å². The Hall–Kier alpha value is -2.25. The molecule has 6 nitrogen and oxygen atoms in total. The van der Waals surface area contributed by atoms with Gasteiger partial charge in [0, 0.05) is 0 Å². The molecule has 2 aromatic rings. The van der Waals surface area contributed by atoms with E-state index in [4.69, 9.17) is 18.8 Å². The van der Waals surface area contributed by atoms with Crippen molar-refractivity contribution in [2.75, 3.05) is 13.2 Å². The lowest BCUT2D eigenvalue weighted by molar-refractivity contribution is 0.00578. The van der Waals surface area contributed by atoms with Crippen LogP contribution in [0.25, 0.3) is 10.8 Å². The van der Waals surface area contributed by atoms with Gasteiger partial charge in [0.1, 0.15) is 18.0 Å². The summed E-state index contributed by atoms with van der Waals surface area (Å²) in [6.07, 6.45) is -0.456. The molecule has 0 unspecified atom stereocenters. The van der Waals surface area contributed by atoms with Crippen molar-refractivity contribution in [2.45, 2.75) is 65.3 Å². The maximum absolute atomic E-state index is 11.8. The van der Waals surface area contributed by atoms with Crippen molar-refractivity contribution in [3.8, 4) is 5.75 Å². The number of rotatable bonds is 5. The molecule has 1 aliphatic rings. The largest absolute Gasteiger partial charge is 0.495 e. The quantitative estimate of drug-likeness (QED) is 0.592. The summed E-state index contributed by atoms with van der Waals surface area (Å²) in [5, 5.41) is 4.81. The molecular weight excluding hydrogens is 381 g/mol. The molecule has 0 atom stereocenters. The number of carbonyl (C=O) groups excluding carboxylic acids is 1. The predicted octanol–water partition coefficient (Wildman–Crippen LogP) is 4.04. The number of hydrogen-bond donors (Lipinski definition) is 1. The standard InChI is InChI=1S/C23H32BNO5/c1-21(2,3)28-20(26)25-12-13-27-17-14-16-10-8-9-11-18(16)19(15-17)24-29-22(4,5)23(6,7)30-24/h8-11,14-15H,12-13H2,1-7H3,(H,25,26). The van der Waals surface area contributed by atoms with Crippen LogP contribution in [0.3, 0.4) is 0 Å². The van der Waals surface area contributed by atoms with Crippen molar-refractivity contribution in [2.24, 2.45) is 0 Å². The molecule has 1 amide bonds. The Balaban J connectivity index is 1.74. The first-order chi connectivity index (χ1) is 13.9. The number of carbonyl (C=O) groups is 1. The molecule has 0 aromatic heterocycles. The molecule has 162 valence electrons. The van der Waals surface area contributed by atoms with Crippen molar-refractivity contribution in [1.82, 2.24) is 5.32 Å². The van der Waals surface area contributed by atoms with E-state index in [-0.39, 0.29) is 0 Å². The normalized spacial score (nSPS) is 17.8. The van der Waals surface area contributed by atoms with Gasteiger partial charge in [-0.3, -0.25) is 0 Å². The summed E-state index contributed by atoms with van der Waals surface area (Å²) in [5.74, 6) is 0.699. The van der Waals surface area contributed by atoms with Gasteiger partial charge in [-0.05, 0) is 76.8 Å². The molecule has 3 rings (SSSR count). The third kappa shape index (κ3) is 5.08. The molecule has 0 radical (unpaired) electrons. The highest BCUT2D eigenvalue weighted by molar-refractivity contribution is 6.65. The van der Waals surface area contributed by atoms with Gasteiger partial charge < -0.3 is 24.1 Å². The van der Waals surface area contributed by atoms with Crippen molar-refractivity contribution in [3.05, 3.63) is 36.4 Å². The van der Waals surface area contributed by atoms with Gasteiger partial charge in [0.2, 0.25) is 0 Å². The smallest absolute Gasteiger partial charge is 0.492 e. The minimum atomic E-state index is -0.527. The highest BCUT2D eigenvalue weighted by Gasteiger charge is 2.52. The maximum atomic E-state index is 11.8. The first-order valence-electron chi connectivity index (χ1n) is 10.4. The lowest BCUT2D eigenvalue weighted by Crippen LogP contribution is -2.41. The van der Waals surface area contributed by atoms with Crippen LogP contribution in [-0.4, -0.2) is 43.2 Å². The number of ether oxygens (including phenoxy) is 2. The molecule has 1 fully saturated rings. The van der Waals surface area contributed by atoms with Crippen LogP contribution in [0.1, 0.15) is 48.5 Å². The fourth-order valence-electron chi connectivity index (χ4n) is 3.20. The summed E-state index contributed by atoms with van der Waals surface area (Å²) >= 11 is 0. The number of amides is 1. The zero-order valence-corrected chi connectivity index (χ0v) is 19.0. The molecule has 0 saturated carbocycles. The lowest BCUT2D eigenvalue weighted by Gasteiger charge is -2.32. The molecule has 0 aliphatic carbocycles. The van der Waals surface area contributed by atoms with Crippen LogP contribution >= 0.6 is 0 Å². The van der Waals surface area contributed by atoms with Gasteiger partial charge in [-0.25, -0.2) is 4.79 Å². The van der Waals surface area contributed by atoms with Crippen LogP contribution in [0.5, 0.6) is 5.75 Å². The average molecular weight is 413 g/mol. The van der Waals surface area contributed by atoms with Gasteiger partial charge >= 0.3 is 13.2 Å². The van der Waals surface area contributed by atoms with E-state index < -0.39 is 30.0 Å². The first-order valence-corrected chi connectivity index (χ1v) is 10.4. The number of fused-ring (bicyclic) bond motifs is 1. The number of nitrogens with one attached hydrogen (secondary N) is 1. The van der Waals surface area contributed by atoms with Gasteiger partial charge in [-0.2, -0.15) is 0 Å². The molecule has 1 aliphatic heterocycles. The molecule has 2 aromatic carbocycles. The predicted molar refractivity (Wildman–Crippen MR) is 119 cm³/mol. The van der Waals surface area contributed by atoms with E-state index >= 15 is 0 Å².